The van der Waals surface area contributed by atoms with Gasteiger partial charge in [-0.2, -0.15) is 0 Å². The van der Waals surface area contributed by atoms with E-state index in [0.29, 0.717) is 23.7 Å². The number of nitrogens with one attached hydrogen (secondary N) is 2. The van der Waals surface area contributed by atoms with Gasteiger partial charge in [-0.1, -0.05) is 13.8 Å². The highest BCUT2D eigenvalue weighted by atomic mass is 16.7. The first kappa shape index (κ1) is 21.6. The molecule has 0 bridgehead atoms. The second kappa shape index (κ2) is 9.25. The van der Waals surface area contributed by atoms with Gasteiger partial charge in [-0.3, -0.25) is 19.4 Å². The van der Waals surface area contributed by atoms with Gasteiger partial charge in [0.1, 0.15) is 6.04 Å². The van der Waals surface area contributed by atoms with Crippen molar-refractivity contribution in [2.45, 2.75) is 32.9 Å². The van der Waals surface area contributed by atoms with Gasteiger partial charge in [-0.25, -0.2) is 0 Å². The maximum atomic E-state index is 12.9. The smallest absolute Gasteiger partial charge is 0.243 e. The van der Waals surface area contributed by atoms with Crippen LogP contribution in [0.3, 0.4) is 0 Å². The van der Waals surface area contributed by atoms with Crippen molar-refractivity contribution in [3.05, 3.63) is 48.3 Å². The van der Waals surface area contributed by atoms with Crippen molar-refractivity contribution >= 4 is 23.4 Å². The molecule has 2 aliphatic rings. The van der Waals surface area contributed by atoms with Crippen LogP contribution in [0, 0.1) is 11.8 Å². The molecule has 4 rings (SSSR count). The third kappa shape index (κ3) is 4.66. The molecule has 2 atom stereocenters. The number of carbonyl (C=O) groups is 3. The fraction of sp³-hybridized carbons (Fsp3) is 0.391. The first-order valence-corrected chi connectivity index (χ1v) is 10.6. The van der Waals surface area contributed by atoms with E-state index < -0.39 is 12.0 Å². The van der Waals surface area contributed by atoms with E-state index in [2.05, 4.69) is 15.6 Å². The minimum atomic E-state index is -0.695. The number of nitrogens with zero attached hydrogens (tertiary/aromatic N) is 2. The van der Waals surface area contributed by atoms with Crippen LogP contribution in [0.25, 0.3) is 0 Å². The van der Waals surface area contributed by atoms with E-state index in [1.165, 1.54) is 0 Å². The lowest BCUT2D eigenvalue weighted by Gasteiger charge is -2.23. The number of hydrogen-bond donors (Lipinski definition) is 2. The van der Waals surface area contributed by atoms with Crippen LogP contribution >= 0.6 is 0 Å². The van der Waals surface area contributed by atoms with Gasteiger partial charge in [-0.15, -0.1) is 0 Å². The summed E-state index contributed by atoms with van der Waals surface area (Å²) in [6.07, 6.45) is 3.40. The van der Waals surface area contributed by atoms with Crippen LogP contribution in [0.15, 0.2) is 42.7 Å². The number of aromatic nitrogens is 1. The summed E-state index contributed by atoms with van der Waals surface area (Å²) in [5.41, 5.74) is 1.58. The van der Waals surface area contributed by atoms with E-state index in [9.17, 15) is 14.4 Å². The molecule has 3 heterocycles. The Hall–Kier alpha value is -3.62. The molecular formula is C23H26N4O5. The van der Waals surface area contributed by atoms with Crippen LogP contribution < -0.4 is 25.0 Å². The maximum absolute atomic E-state index is 12.9. The quantitative estimate of drug-likeness (QED) is 0.680. The molecule has 1 aromatic carbocycles. The minimum Gasteiger partial charge on any atom is -0.454 e. The lowest BCUT2D eigenvalue weighted by Crippen LogP contribution is -2.51. The Balaban J connectivity index is 1.37. The summed E-state index contributed by atoms with van der Waals surface area (Å²) in [7, 11) is 0. The Morgan fingerprint density at radius 1 is 1.16 bits per heavy atom. The lowest BCUT2D eigenvalue weighted by molar-refractivity contribution is -0.132. The van der Waals surface area contributed by atoms with Gasteiger partial charge in [0, 0.05) is 43.7 Å². The number of ether oxygens (including phenoxy) is 2. The summed E-state index contributed by atoms with van der Waals surface area (Å²) in [6.45, 7) is 4.48. The molecule has 168 valence electrons. The van der Waals surface area contributed by atoms with Crippen LogP contribution in [0.1, 0.15) is 25.8 Å². The van der Waals surface area contributed by atoms with Crippen LogP contribution in [0.4, 0.5) is 5.69 Å². The molecule has 2 aromatic rings. The third-order valence-corrected chi connectivity index (χ3v) is 5.63. The predicted molar refractivity (Wildman–Crippen MR) is 116 cm³/mol. The summed E-state index contributed by atoms with van der Waals surface area (Å²) in [4.78, 5) is 43.8. The normalized spacial score (nSPS) is 18.0. The van der Waals surface area contributed by atoms with Crippen molar-refractivity contribution in [2.24, 2.45) is 11.8 Å². The number of hydrogen-bond acceptors (Lipinski definition) is 6. The first-order chi connectivity index (χ1) is 15.4. The van der Waals surface area contributed by atoms with Gasteiger partial charge in [0.2, 0.25) is 24.5 Å². The molecule has 2 N–H and O–H groups in total. The number of carbonyl (C=O) groups excluding carboxylic acids is 3. The van der Waals surface area contributed by atoms with Gasteiger partial charge in [0.05, 0.1) is 5.92 Å². The molecule has 32 heavy (non-hydrogen) atoms. The highest BCUT2D eigenvalue weighted by Crippen LogP contribution is 2.37. The van der Waals surface area contributed by atoms with E-state index in [-0.39, 0.29) is 43.4 Å². The van der Waals surface area contributed by atoms with Crippen LogP contribution in [-0.4, -0.2) is 42.1 Å². The zero-order chi connectivity index (χ0) is 22.7. The Bertz CT molecular complexity index is 1010. The highest BCUT2D eigenvalue weighted by molar-refractivity contribution is 6.01. The molecule has 3 amide bonds. The summed E-state index contributed by atoms with van der Waals surface area (Å²) in [5.74, 6) is -0.157. The molecule has 1 fully saturated rings. The van der Waals surface area contributed by atoms with Gasteiger partial charge < -0.3 is 25.0 Å². The molecular weight excluding hydrogens is 412 g/mol. The number of pyridine rings is 1. The molecule has 2 aliphatic heterocycles. The second-order valence-electron chi connectivity index (χ2n) is 8.25. The Labute approximate surface area is 186 Å². The zero-order valence-corrected chi connectivity index (χ0v) is 18.0. The van der Waals surface area contributed by atoms with Crippen molar-refractivity contribution in [3.8, 4) is 11.5 Å². The van der Waals surface area contributed by atoms with E-state index in [1.54, 1.807) is 35.5 Å². The van der Waals surface area contributed by atoms with Gasteiger partial charge >= 0.3 is 0 Å². The second-order valence-corrected chi connectivity index (χ2v) is 8.25. The lowest BCUT2D eigenvalue weighted by atomic mass is 10.0. The molecule has 9 nitrogen and oxygen atoms in total. The van der Waals surface area contributed by atoms with Gasteiger partial charge in [0.25, 0.3) is 0 Å². The SMILES string of the molecule is CC(C)C(NC(=O)C1CC(=O)N(c2ccc3c(c2)OCO3)C1)C(=O)NCc1ccncc1. The number of rotatable bonds is 7. The van der Waals surface area contributed by atoms with Crippen molar-refractivity contribution in [3.63, 3.8) is 0 Å². The zero-order valence-electron chi connectivity index (χ0n) is 18.0. The third-order valence-electron chi connectivity index (χ3n) is 5.63. The predicted octanol–water partition coefficient (Wildman–Crippen LogP) is 1.62. The summed E-state index contributed by atoms with van der Waals surface area (Å²) in [6, 6.07) is 8.20. The van der Waals surface area contributed by atoms with Crippen molar-refractivity contribution < 1.29 is 23.9 Å². The number of amides is 3. The van der Waals surface area contributed by atoms with E-state index in [1.807, 2.05) is 26.0 Å². The van der Waals surface area contributed by atoms with Crippen LogP contribution in [0.5, 0.6) is 11.5 Å². The van der Waals surface area contributed by atoms with Crippen molar-refractivity contribution in [2.75, 3.05) is 18.2 Å². The number of anilines is 1. The van der Waals surface area contributed by atoms with E-state index >= 15 is 0 Å². The molecule has 0 saturated carbocycles. The molecule has 0 radical (unpaired) electrons. The molecule has 9 heteroatoms. The van der Waals surface area contributed by atoms with Gasteiger partial charge in [0.15, 0.2) is 11.5 Å². The van der Waals surface area contributed by atoms with Crippen LogP contribution in [-0.2, 0) is 20.9 Å². The topological polar surface area (TPSA) is 110 Å². The minimum absolute atomic E-state index is 0.0870. The Morgan fingerprint density at radius 3 is 2.66 bits per heavy atom. The number of fused-ring (bicyclic) bond motifs is 1. The standard InChI is InChI=1S/C23H26N4O5/c1-14(2)21(23(30)25-11-15-5-7-24-8-6-15)26-22(29)16-9-20(28)27(12-16)17-3-4-18-19(10-17)32-13-31-18/h3-8,10,14,16,21H,9,11-13H2,1-2H3,(H,25,30)(H,26,29). The van der Waals surface area contributed by atoms with Crippen molar-refractivity contribution in [1.29, 1.82) is 0 Å². The largest absolute Gasteiger partial charge is 0.454 e. The van der Waals surface area contributed by atoms with Crippen molar-refractivity contribution in [1.82, 2.24) is 15.6 Å². The molecule has 1 aromatic heterocycles. The highest BCUT2D eigenvalue weighted by Gasteiger charge is 2.37. The van der Waals surface area contributed by atoms with Gasteiger partial charge in [-0.05, 0) is 35.7 Å². The maximum Gasteiger partial charge on any atom is 0.243 e. The summed E-state index contributed by atoms with van der Waals surface area (Å²) < 4.78 is 10.7. The van der Waals surface area contributed by atoms with E-state index in [4.69, 9.17) is 9.47 Å². The monoisotopic (exact) mass is 438 g/mol. The molecule has 1 saturated heterocycles. The molecule has 2 unspecified atom stereocenters. The fourth-order valence-corrected chi connectivity index (χ4v) is 3.79. The Morgan fingerprint density at radius 2 is 1.91 bits per heavy atom. The van der Waals surface area contributed by atoms with E-state index in [0.717, 1.165) is 5.56 Å². The van der Waals surface area contributed by atoms with Crippen LogP contribution in [0.2, 0.25) is 0 Å². The average molecular weight is 438 g/mol. The molecule has 0 spiro atoms. The summed E-state index contributed by atoms with van der Waals surface area (Å²) >= 11 is 0. The number of benzene rings is 1. The summed E-state index contributed by atoms with van der Waals surface area (Å²) in [5, 5.41) is 5.70. The molecule has 0 aliphatic carbocycles. The average Bonchev–Trinajstić information content (AvgIpc) is 3.42. The fourth-order valence-electron chi connectivity index (χ4n) is 3.79. The Kier molecular flexibility index (Phi) is 6.25. The first-order valence-electron chi connectivity index (χ1n) is 10.6.